The minimum atomic E-state index is -1.19. The Bertz CT molecular complexity index is 593. The summed E-state index contributed by atoms with van der Waals surface area (Å²) >= 11 is 0. The highest BCUT2D eigenvalue weighted by Gasteiger charge is 2.12. The van der Waals surface area contributed by atoms with Crippen LogP contribution in [0.25, 0.3) is 0 Å². The molecule has 1 atom stereocenters. The van der Waals surface area contributed by atoms with Crippen molar-refractivity contribution in [1.29, 1.82) is 0 Å². The summed E-state index contributed by atoms with van der Waals surface area (Å²) < 4.78 is 39.5. The molecule has 2 aromatic carbocycles. The van der Waals surface area contributed by atoms with Gasteiger partial charge in [0.05, 0.1) is 5.69 Å². The van der Waals surface area contributed by atoms with Crippen molar-refractivity contribution in [2.75, 3.05) is 5.32 Å². The average molecular weight is 279 g/mol. The van der Waals surface area contributed by atoms with Gasteiger partial charge in [-0.25, -0.2) is 13.2 Å². The fourth-order valence-corrected chi connectivity index (χ4v) is 1.99. The second-order valence-corrected chi connectivity index (χ2v) is 4.71. The molecular weight excluding hydrogens is 263 g/mol. The summed E-state index contributed by atoms with van der Waals surface area (Å²) in [4.78, 5) is 0. The van der Waals surface area contributed by atoms with Crippen molar-refractivity contribution in [2.24, 2.45) is 0 Å². The first-order chi connectivity index (χ1) is 9.51. The van der Waals surface area contributed by atoms with Gasteiger partial charge in [-0.2, -0.15) is 0 Å². The van der Waals surface area contributed by atoms with Crippen LogP contribution >= 0.6 is 0 Å². The van der Waals surface area contributed by atoms with Crippen LogP contribution in [0.5, 0.6) is 0 Å². The van der Waals surface area contributed by atoms with Gasteiger partial charge in [0.2, 0.25) is 0 Å². The summed E-state index contributed by atoms with van der Waals surface area (Å²) in [7, 11) is 0. The predicted octanol–water partition coefficient (Wildman–Crippen LogP) is 4.84. The minimum absolute atomic E-state index is 0.0454. The Labute approximate surface area is 116 Å². The number of benzene rings is 2. The van der Waals surface area contributed by atoms with E-state index < -0.39 is 17.5 Å². The zero-order chi connectivity index (χ0) is 14.7. The molecule has 0 aromatic heterocycles. The largest absolute Gasteiger partial charge is 0.376 e. The second kappa shape index (κ2) is 5.99. The van der Waals surface area contributed by atoms with E-state index >= 15 is 0 Å². The molecule has 20 heavy (non-hydrogen) atoms. The van der Waals surface area contributed by atoms with Gasteiger partial charge in [-0.15, -0.1) is 0 Å². The normalized spacial score (nSPS) is 12.2. The highest BCUT2D eigenvalue weighted by atomic mass is 19.2. The number of nitrogens with one attached hydrogen (secondary N) is 1. The van der Waals surface area contributed by atoms with E-state index in [1.807, 2.05) is 31.2 Å². The zero-order valence-corrected chi connectivity index (χ0v) is 11.4. The molecule has 0 saturated carbocycles. The highest BCUT2D eigenvalue weighted by Crippen LogP contribution is 2.24. The van der Waals surface area contributed by atoms with E-state index in [4.69, 9.17) is 0 Å². The summed E-state index contributed by atoms with van der Waals surface area (Å²) in [5.74, 6) is -3.06. The molecule has 0 fully saturated rings. The van der Waals surface area contributed by atoms with Crippen LogP contribution < -0.4 is 5.32 Å². The SMILES string of the molecule is CCc1ccc(C(C)Nc2cc(F)c(F)cc2F)cc1. The van der Waals surface area contributed by atoms with Crippen LogP contribution in [0, 0.1) is 17.5 Å². The molecule has 106 valence electrons. The van der Waals surface area contributed by atoms with Gasteiger partial charge in [0.25, 0.3) is 0 Å². The van der Waals surface area contributed by atoms with Crippen molar-refractivity contribution in [3.8, 4) is 0 Å². The van der Waals surface area contributed by atoms with Crippen molar-refractivity contribution in [3.05, 3.63) is 65.0 Å². The monoisotopic (exact) mass is 279 g/mol. The van der Waals surface area contributed by atoms with Gasteiger partial charge in [0.15, 0.2) is 11.6 Å². The molecule has 0 aliphatic carbocycles. The average Bonchev–Trinajstić information content (AvgIpc) is 2.44. The lowest BCUT2D eigenvalue weighted by Gasteiger charge is -2.17. The molecular formula is C16H16F3N. The molecule has 0 saturated heterocycles. The molecule has 0 aliphatic heterocycles. The molecule has 0 aliphatic rings. The van der Waals surface area contributed by atoms with E-state index in [1.165, 1.54) is 5.56 Å². The van der Waals surface area contributed by atoms with Gasteiger partial charge >= 0.3 is 0 Å². The van der Waals surface area contributed by atoms with Gasteiger partial charge in [-0.3, -0.25) is 0 Å². The summed E-state index contributed by atoms with van der Waals surface area (Å²) in [5, 5.41) is 2.85. The number of anilines is 1. The summed E-state index contributed by atoms with van der Waals surface area (Å²) in [5.41, 5.74) is 2.11. The first kappa shape index (κ1) is 14.4. The third-order valence-corrected chi connectivity index (χ3v) is 3.27. The first-order valence-electron chi connectivity index (χ1n) is 6.51. The molecule has 2 rings (SSSR count). The van der Waals surface area contributed by atoms with Gasteiger partial charge in [-0.05, 0) is 24.5 Å². The van der Waals surface area contributed by atoms with Crippen molar-refractivity contribution >= 4 is 5.69 Å². The van der Waals surface area contributed by atoms with Crippen LogP contribution in [0.1, 0.15) is 31.0 Å². The smallest absolute Gasteiger partial charge is 0.161 e. The lowest BCUT2D eigenvalue weighted by molar-refractivity contribution is 0.495. The van der Waals surface area contributed by atoms with Crippen LogP contribution in [0.15, 0.2) is 36.4 Å². The van der Waals surface area contributed by atoms with Crippen molar-refractivity contribution < 1.29 is 13.2 Å². The van der Waals surface area contributed by atoms with Crippen molar-refractivity contribution in [2.45, 2.75) is 26.3 Å². The van der Waals surface area contributed by atoms with E-state index in [0.717, 1.165) is 18.1 Å². The number of hydrogen-bond acceptors (Lipinski definition) is 1. The maximum Gasteiger partial charge on any atom is 0.161 e. The van der Waals surface area contributed by atoms with Crippen molar-refractivity contribution in [3.63, 3.8) is 0 Å². The fraction of sp³-hybridized carbons (Fsp3) is 0.250. The molecule has 0 bridgehead atoms. The minimum Gasteiger partial charge on any atom is -0.376 e. The Morgan fingerprint density at radius 1 is 0.950 bits per heavy atom. The number of hydrogen-bond donors (Lipinski definition) is 1. The highest BCUT2D eigenvalue weighted by molar-refractivity contribution is 5.47. The molecule has 0 radical (unpaired) electrons. The van der Waals surface area contributed by atoms with Gasteiger partial charge in [-0.1, -0.05) is 31.2 Å². The lowest BCUT2D eigenvalue weighted by Crippen LogP contribution is -2.09. The number of rotatable bonds is 4. The van der Waals surface area contributed by atoms with Gasteiger partial charge in [0, 0.05) is 18.2 Å². The topological polar surface area (TPSA) is 12.0 Å². The summed E-state index contributed by atoms with van der Waals surface area (Å²) in [6, 6.07) is 9.04. The van der Waals surface area contributed by atoms with E-state index in [-0.39, 0.29) is 11.7 Å². The maximum atomic E-state index is 13.6. The van der Waals surface area contributed by atoms with Crippen LogP contribution in [0.2, 0.25) is 0 Å². The Kier molecular flexibility index (Phi) is 4.32. The predicted molar refractivity (Wildman–Crippen MR) is 74.2 cm³/mol. The molecule has 1 unspecified atom stereocenters. The third kappa shape index (κ3) is 3.13. The molecule has 0 spiro atoms. The molecule has 1 nitrogen and oxygen atoms in total. The first-order valence-corrected chi connectivity index (χ1v) is 6.51. The zero-order valence-electron chi connectivity index (χ0n) is 11.4. The Hall–Kier alpha value is -1.97. The van der Waals surface area contributed by atoms with Gasteiger partial charge in [0.1, 0.15) is 5.82 Å². The van der Waals surface area contributed by atoms with E-state index in [9.17, 15) is 13.2 Å². The number of halogens is 3. The second-order valence-electron chi connectivity index (χ2n) is 4.71. The lowest BCUT2D eigenvalue weighted by atomic mass is 10.0. The van der Waals surface area contributed by atoms with Crippen LogP contribution in [0.4, 0.5) is 18.9 Å². The molecule has 1 N–H and O–H groups in total. The van der Waals surface area contributed by atoms with E-state index in [1.54, 1.807) is 0 Å². The molecule has 2 aromatic rings. The van der Waals surface area contributed by atoms with Crippen molar-refractivity contribution in [1.82, 2.24) is 0 Å². The van der Waals surface area contributed by atoms with E-state index in [2.05, 4.69) is 12.2 Å². The standard InChI is InChI=1S/C16H16F3N/c1-3-11-4-6-12(7-5-11)10(2)20-16-9-14(18)13(17)8-15(16)19/h4-10,20H,3H2,1-2H3. The maximum absolute atomic E-state index is 13.6. The number of aryl methyl sites for hydroxylation is 1. The third-order valence-electron chi connectivity index (χ3n) is 3.27. The van der Waals surface area contributed by atoms with Gasteiger partial charge < -0.3 is 5.32 Å². The quantitative estimate of drug-likeness (QED) is 0.790. The van der Waals surface area contributed by atoms with Crippen LogP contribution in [-0.2, 0) is 6.42 Å². The Morgan fingerprint density at radius 3 is 2.15 bits per heavy atom. The molecule has 4 heteroatoms. The Balaban J connectivity index is 2.18. The van der Waals surface area contributed by atoms with Crippen LogP contribution in [0.3, 0.4) is 0 Å². The Morgan fingerprint density at radius 2 is 1.55 bits per heavy atom. The fourth-order valence-electron chi connectivity index (χ4n) is 1.99. The molecule has 0 amide bonds. The molecule has 0 heterocycles. The van der Waals surface area contributed by atoms with Crippen LogP contribution in [-0.4, -0.2) is 0 Å². The summed E-state index contributed by atoms with van der Waals surface area (Å²) in [6.45, 7) is 3.90. The summed E-state index contributed by atoms with van der Waals surface area (Å²) in [6.07, 6.45) is 0.944. The van der Waals surface area contributed by atoms with E-state index in [0.29, 0.717) is 6.07 Å².